The smallest absolute Gasteiger partial charge is 0.315 e. The minimum atomic E-state index is -0.143. The number of carbonyl (C=O) groups excluding carboxylic acids is 1. The molecule has 5 heteroatoms. The van der Waals surface area contributed by atoms with Crippen LogP contribution in [-0.4, -0.2) is 53.9 Å². The Bertz CT molecular complexity index is 253. The summed E-state index contributed by atoms with van der Waals surface area (Å²) in [5.41, 5.74) is 0. The Kier molecular flexibility index (Phi) is 6.43. The lowest BCUT2D eigenvalue weighted by Crippen LogP contribution is -2.45. The standard InChI is InChI=1S/C13H27N3O2/c1-10(2)16(12-4-5-12)8-7-14-13(18)15-11(3)6-9-17/h10-12,17H,4-9H2,1-3H3,(H2,14,15,18)/t11-/m1/s1. The normalized spacial score (nSPS) is 17.0. The van der Waals surface area contributed by atoms with Crippen molar-refractivity contribution in [3.8, 4) is 0 Å². The zero-order valence-corrected chi connectivity index (χ0v) is 11.8. The predicted octanol–water partition coefficient (Wildman–Crippen LogP) is 0.929. The number of nitrogens with one attached hydrogen (secondary N) is 2. The minimum Gasteiger partial charge on any atom is -0.396 e. The maximum atomic E-state index is 11.5. The van der Waals surface area contributed by atoms with Gasteiger partial charge in [0.2, 0.25) is 0 Å². The van der Waals surface area contributed by atoms with E-state index >= 15 is 0 Å². The van der Waals surface area contributed by atoms with Gasteiger partial charge in [0.1, 0.15) is 0 Å². The van der Waals surface area contributed by atoms with Crippen LogP contribution in [0.15, 0.2) is 0 Å². The molecule has 3 N–H and O–H groups in total. The van der Waals surface area contributed by atoms with E-state index in [-0.39, 0.29) is 18.7 Å². The summed E-state index contributed by atoms with van der Waals surface area (Å²) in [6.07, 6.45) is 3.17. The van der Waals surface area contributed by atoms with Crippen molar-refractivity contribution in [3.05, 3.63) is 0 Å². The molecule has 0 aromatic rings. The highest BCUT2D eigenvalue weighted by molar-refractivity contribution is 5.74. The number of hydrogen-bond donors (Lipinski definition) is 3. The Balaban J connectivity index is 2.14. The summed E-state index contributed by atoms with van der Waals surface area (Å²) in [7, 11) is 0. The van der Waals surface area contributed by atoms with Crippen molar-refractivity contribution in [1.29, 1.82) is 0 Å². The third kappa shape index (κ3) is 5.69. The lowest BCUT2D eigenvalue weighted by Gasteiger charge is -2.26. The average Bonchev–Trinajstić information content (AvgIpc) is 3.07. The molecule has 1 atom stereocenters. The Labute approximate surface area is 110 Å². The van der Waals surface area contributed by atoms with Crippen molar-refractivity contribution in [3.63, 3.8) is 0 Å². The van der Waals surface area contributed by atoms with Crippen molar-refractivity contribution in [2.24, 2.45) is 0 Å². The van der Waals surface area contributed by atoms with Crippen LogP contribution >= 0.6 is 0 Å². The van der Waals surface area contributed by atoms with E-state index in [1.165, 1.54) is 12.8 Å². The average molecular weight is 257 g/mol. The van der Waals surface area contributed by atoms with Crippen LogP contribution in [0.25, 0.3) is 0 Å². The first-order valence-corrected chi connectivity index (χ1v) is 6.95. The maximum absolute atomic E-state index is 11.5. The number of nitrogens with zero attached hydrogens (tertiary/aromatic N) is 1. The van der Waals surface area contributed by atoms with Crippen LogP contribution in [-0.2, 0) is 0 Å². The lowest BCUT2D eigenvalue weighted by atomic mass is 10.2. The largest absolute Gasteiger partial charge is 0.396 e. The second-order valence-electron chi connectivity index (χ2n) is 5.38. The minimum absolute atomic E-state index is 0.0135. The fourth-order valence-corrected chi connectivity index (χ4v) is 2.11. The van der Waals surface area contributed by atoms with E-state index < -0.39 is 0 Å². The molecule has 1 fully saturated rings. The topological polar surface area (TPSA) is 64.6 Å². The molecule has 0 heterocycles. The zero-order chi connectivity index (χ0) is 13.5. The third-order valence-electron chi connectivity index (χ3n) is 3.27. The van der Waals surface area contributed by atoms with Crippen LogP contribution in [0.2, 0.25) is 0 Å². The van der Waals surface area contributed by atoms with Crippen LogP contribution < -0.4 is 10.6 Å². The van der Waals surface area contributed by atoms with E-state index in [1.54, 1.807) is 0 Å². The van der Waals surface area contributed by atoms with E-state index in [4.69, 9.17) is 5.11 Å². The molecule has 0 saturated heterocycles. The fourth-order valence-electron chi connectivity index (χ4n) is 2.11. The monoisotopic (exact) mass is 257 g/mol. The second-order valence-corrected chi connectivity index (χ2v) is 5.38. The number of aliphatic hydroxyl groups is 1. The zero-order valence-electron chi connectivity index (χ0n) is 11.8. The molecular formula is C13H27N3O2. The Morgan fingerprint density at radius 2 is 2.06 bits per heavy atom. The van der Waals surface area contributed by atoms with Crippen molar-refractivity contribution in [2.45, 2.75) is 58.2 Å². The first-order chi connectivity index (χ1) is 8.54. The molecule has 1 saturated carbocycles. The van der Waals surface area contributed by atoms with Gasteiger partial charge in [-0.1, -0.05) is 0 Å². The molecule has 0 unspecified atom stereocenters. The van der Waals surface area contributed by atoms with Gasteiger partial charge in [-0.05, 0) is 40.0 Å². The van der Waals surface area contributed by atoms with Gasteiger partial charge in [-0.25, -0.2) is 4.79 Å². The quantitative estimate of drug-likeness (QED) is 0.606. The van der Waals surface area contributed by atoms with E-state index in [9.17, 15) is 4.79 Å². The van der Waals surface area contributed by atoms with E-state index in [0.29, 0.717) is 19.0 Å². The fraction of sp³-hybridized carbons (Fsp3) is 0.923. The molecule has 2 amide bonds. The Hall–Kier alpha value is -0.810. The first kappa shape index (κ1) is 15.2. The van der Waals surface area contributed by atoms with E-state index in [0.717, 1.165) is 12.6 Å². The molecule has 5 nitrogen and oxygen atoms in total. The van der Waals surface area contributed by atoms with Crippen molar-refractivity contribution < 1.29 is 9.90 Å². The lowest BCUT2D eigenvalue weighted by molar-refractivity contribution is 0.205. The maximum Gasteiger partial charge on any atom is 0.315 e. The number of urea groups is 1. The number of carbonyl (C=O) groups is 1. The summed E-state index contributed by atoms with van der Waals surface area (Å²) < 4.78 is 0. The number of rotatable bonds is 8. The van der Waals surface area contributed by atoms with Gasteiger partial charge in [-0.15, -0.1) is 0 Å². The summed E-state index contributed by atoms with van der Waals surface area (Å²) in [6, 6.07) is 1.13. The van der Waals surface area contributed by atoms with Crippen molar-refractivity contribution in [2.75, 3.05) is 19.7 Å². The van der Waals surface area contributed by atoms with Crippen LogP contribution in [0, 0.1) is 0 Å². The highest BCUT2D eigenvalue weighted by Gasteiger charge is 2.30. The van der Waals surface area contributed by atoms with Crippen molar-refractivity contribution >= 4 is 6.03 Å². The highest BCUT2D eigenvalue weighted by Crippen LogP contribution is 2.27. The van der Waals surface area contributed by atoms with Crippen LogP contribution in [0.1, 0.15) is 40.0 Å². The predicted molar refractivity (Wildman–Crippen MR) is 72.6 cm³/mol. The first-order valence-electron chi connectivity index (χ1n) is 6.95. The molecule has 1 aliphatic carbocycles. The molecule has 1 aliphatic rings. The molecule has 106 valence electrons. The summed E-state index contributed by atoms with van der Waals surface area (Å²) in [5.74, 6) is 0. The SMILES string of the molecule is CC(C)N(CCNC(=O)N[C@H](C)CCO)C1CC1. The molecule has 0 bridgehead atoms. The Morgan fingerprint density at radius 1 is 1.39 bits per heavy atom. The van der Waals surface area contributed by atoms with Gasteiger partial charge in [-0.2, -0.15) is 0 Å². The van der Waals surface area contributed by atoms with Crippen LogP contribution in [0.3, 0.4) is 0 Å². The molecule has 1 rings (SSSR count). The molecule has 0 spiro atoms. The van der Waals surface area contributed by atoms with Gasteiger partial charge in [0.15, 0.2) is 0 Å². The highest BCUT2D eigenvalue weighted by atomic mass is 16.3. The second kappa shape index (κ2) is 7.59. The van der Waals surface area contributed by atoms with Crippen LogP contribution in [0.5, 0.6) is 0 Å². The molecule has 0 aromatic carbocycles. The van der Waals surface area contributed by atoms with Gasteiger partial charge in [0.05, 0.1) is 0 Å². The van der Waals surface area contributed by atoms with E-state index in [2.05, 4.69) is 29.4 Å². The summed E-state index contributed by atoms with van der Waals surface area (Å²) >= 11 is 0. The molecular weight excluding hydrogens is 230 g/mol. The van der Waals surface area contributed by atoms with E-state index in [1.807, 2.05) is 6.92 Å². The summed E-state index contributed by atoms with van der Waals surface area (Å²) in [5, 5.41) is 14.4. The van der Waals surface area contributed by atoms with Crippen LogP contribution in [0.4, 0.5) is 4.79 Å². The summed E-state index contributed by atoms with van der Waals surface area (Å²) in [6.45, 7) is 7.96. The van der Waals surface area contributed by atoms with Gasteiger partial charge < -0.3 is 15.7 Å². The number of amides is 2. The molecule has 18 heavy (non-hydrogen) atoms. The number of hydrogen-bond acceptors (Lipinski definition) is 3. The van der Waals surface area contributed by atoms with Gasteiger partial charge in [0, 0.05) is 37.8 Å². The van der Waals surface area contributed by atoms with Gasteiger partial charge in [-0.3, -0.25) is 4.90 Å². The Morgan fingerprint density at radius 3 is 2.56 bits per heavy atom. The van der Waals surface area contributed by atoms with Gasteiger partial charge >= 0.3 is 6.03 Å². The third-order valence-corrected chi connectivity index (χ3v) is 3.27. The molecule has 0 aliphatic heterocycles. The summed E-state index contributed by atoms with van der Waals surface area (Å²) in [4.78, 5) is 14.0. The van der Waals surface area contributed by atoms with Crippen molar-refractivity contribution in [1.82, 2.24) is 15.5 Å². The molecule has 0 radical (unpaired) electrons. The molecule has 0 aromatic heterocycles. The number of aliphatic hydroxyl groups excluding tert-OH is 1. The van der Waals surface area contributed by atoms with Gasteiger partial charge in [0.25, 0.3) is 0 Å².